The zero-order chi connectivity index (χ0) is 12.8. The molecule has 0 spiro atoms. The number of hydrogen-bond donors (Lipinski definition) is 3. The standard InChI is InChI=1S/C11H15N3O3/c1-7(2)14-10(16)6-13-11(17)8-3-4-12-9(15)5-8/h3-5,7H,6H2,1-2H3,(H,12,15)(H,13,17)(H,14,16). The highest BCUT2D eigenvalue weighted by atomic mass is 16.2. The molecule has 0 atom stereocenters. The zero-order valence-corrected chi connectivity index (χ0v) is 9.74. The molecule has 0 aromatic carbocycles. The van der Waals surface area contributed by atoms with Crippen LogP contribution in [0.3, 0.4) is 0 Å². The fourth-order valence-corrected chi connectivity index (χ4v) is 1.22. The summed E-state index contributed by atoms with van der Waals surface area (Å²) in [5.74, 6) is -0.715. The van der Waals surface area contributed by atoms with Crippen LogP contribution in [0, 0.1) is 0 Å². The van der Waals surface area contributed by atoms with Crippen molar-refractivity contribution in [3.8, 4) is 0 Å². The number of pyridine rings is 1. The molecule has 2 amide bonds. The summed E-state index contributed by atoms with van der Waals surface area (Å²) < 4.78 is 0. The van der Waals surface area contributed by atoms with E-state index in [1.807, 2.05) is 13.8 Å². The quantitative estimate of drug-likeness (QED) is 0.667. The first kappa shape index (κ1) is 13.0. The van der Waals surface area contributed by atoms with Gasteiger partial charge in [0.05, 0.1) is 6.54 Å². The average molecular weight is 237 g/mol. The van der Waals surface area contributed by atoms with Crippen LogP contribution in [0.4, 0.5) is 0 Å². The van der Waals surface area contributed by atoms with Crippen LogP contribution >= 0.6 is 0 Å². The minimum Gasteiger partial charge on any atom is -0.352 e. The summed E-state index contributed by atoms with van der Waals surface area (Å²) in [5, 5.41) is 5.07. The van der Waals surface area contributed by atoms with Crippen molar-refractivity contribution in [1.29, 1.82) is 0 Å². The van der Waals surface area contributed by atoms with E-state index in [1.165, 1.54) is 18.3 Å². The van der Waals surface area contributed by atoms with Crippen molar-refractivity contribution in [3.63, 3.8) is 0 Å². The lowest BCUT2D eigenvalue weighted by Crippen LogP contribution is -2.39. The van der Waals surface area contributed by atoms with Crippen LogP contribution in [0.15, 0.2) is 23.1 Å². The molecule has 0 saturated carbocycles. The van der Waals surface area contributed by atoms with E-state index in [4.69, 9.17) is 0 Å². The summed E-state index contributed by atoms with van der Waals surface area (Å²) in [6.07, 6.45) is 1.38. The third kappa shape index (κ3) is 4.50. The van der Waals surface area contributed by atoms with Crippen LogP contribution in [-0.4, -0.2) is 29.4 Å². The summed E-state index contributed by atoms with van der Waals surface area (Å²) in [6, 6.07) is 2.67. The van der Waals surface area contributed by atoms with Crippen molar-refractivity contribution in [2.45, 2.75) is 19.9 Å². The van der Waals surface area contributed by atoms with Crippen molar-refractivity contribution in [3.05, 3.63) is 34.2 Å². The second kappa shape index (κ2) is 5.83. The van der Waals surface area contributed by atoms with E-state index in [-0.39, 0.29) is 29.6 Å². The molecule has 92 valence electrons. The Morgan fingerprint density at radius 3 is 2.71 bits per heavy atom. The molecule has 6 heteroatoms. The summed E-state index contributed by atoms with van der Waals surface area (Å²) in [7, 11) is 0. The lowest BCUT2D eigenvalue weighted by atomic mass is 10.2. The molecular formula is C11H15N3O3. The maximum absolute atomic E-state index is 11.5. The number of hydrogen-bond acceptors (Lipinski definition) is 3. The van der Waals surface area contributed by atoms with E-state index in [0.29, 0.717) is 0 Å². The highest BCUT2D eigenvalue weighted by Crippen LogP contribution is 1.91. The Bertz CT molecular complexity index is 465. The molecule has 1 rings (SSSR count). The Morgan fingerprint density at radius 2 is 2.12 bits per heavy atom. The van der Waals surface area contributed by atoms with Crippen LogP contribution in [0.1, 0.15) is 24.2 Å². The van der Waals surface area contributed by atoms with Gasteiger partial charge >= 0.3 is 0 Å². The number of rotatable bonds is 4. The monoisotopic (exact) mass is 237 g/mol. The molecule has 0 saturated heterocycles. The predicted octanol–water partition coefficient (Wildman–Crippen LogP) is -0.371. The number of nitrogens with one attached hydrogen (secondary N) is 3. The molecule has 0 aliphatic carbocycles. The van der Waals surface area contributed by atoms with Gasteiger partial charge in [-0.25, -0.2) is 0 Å². The van der Waals surface area contributed by atoms with Gasteiger partial charge < -0.3 is 15.6 Å². The van der Waals surface area contributed by atoms with E-state index in [9.17, 15) is 14.4 Å². The SMILES string of the molecule is CC(C)NC(=O)CNC(=O)c1cc[nH]c(=O)c1. The molecule has 0 aliphatic heterocycles. The molecule has 0 bridgehead atoms. The van der Waals surface area contributed by atoms with Gasteiger partial charge in [-0.1, -0.05) is 0 Å². The molecular weight excluding hydrogens is 222 g/mol. The number of aromatic amines is 1. The molecule has 0 aliphatic rings. The Balaban J connectivity index is 2.50. The largest absolute Gasteiger partial charge is 0.352 e. The molecule has 6 nitrogen and oxygen atoms in total. The minimum atomic E-state index is -0.449. The molecule has 0 fully saturated rings. The Hall–Kier alpha value is -2.11. The van der Waals surface area contributed by atoms with Crippen LogP contribution in [0.25, 0.3) is 0 Å². The first-order chi connectivity index (χ1) is 7.99. The molecule has 1 aromatic rings. The fourth-order valence-electron chi connectivity index (χ4n) is 1.22. The topological polar surface area (TPSA) is 91.1 Å². The molecule has 1 aromatic heterocycles. The molecule has 0 radical (unpaired) electrons. The normalized spacial score (nSPS) is 10.1. The van der Waals surface area contributed by atoms with Crippen LogP contribution < -0.4 is 16.2 Å². The fraction of sp³-hybridized carbons (Fsp3) is 0.364. The lowest BCUT2D eigenvalue weighted by molar-refractivity contribution is -0.120. The highest BCUT2D eigenvalue weighted by molar-refractivity contribution is 5.96. The second-order valence-electron chi connectivity index (χ2n) is 3.85. The van der Waals surface area contributed by atoms with E-state index < -0.39 is 5.91 Å². The summed E-state index contributed by atoms with van der Waals surface area (Å²) in [6.45, 7) is 3.55. The van der Waals surface area contributed by atoms with Gasteiger partial charge in [0.1, 0.15) is 0 Å². The van der Waals surface area contributed by atoms with Gasteiger partial charge in [-0.05, 0) is 19.9 Å². The molecule has 0 unspecified atom stereocenters. The van der Waals surface area contributed by atoms with Gasteiger partial charge in [-0.15, -0.1) is 0 Å². The van der Waals surface area contributed by atoms with Gasteiger partial charge in [-0.3, -0.25) is 14.4 Å². The number of carbonyl (C=O) groups is 2. The maximum atomic E-state index is 11.5. The third-order valence-electron chi connectivity index (χ3n) is 1.90. The van der Waals surface area contributed by atoms with Gasteiger partial charge in [0, 0.05) is 23.9 Å². The van der Waals surface area contributed by atoms with Crippen LogP contribution in [0.2, 0.25) is 0 Å². The van der Waals surface area contributed by atoms with Crippen molar-refractivity contribution in [2.24, 2.45) is 0 Å². The predicted molar refractivity (Wildman–Crippen MR) is 62.7 cm³/mol. The number of amides is 2. The van der Waals surface area contributed by atoms with Crippen molar-refractivity contribution >= 4 is 11.8 Å². The number of aromatic nitrogens is 1. The minimum absolute atomic E-state index is 0.0268. The summed E-state index contributed by atoms with van der Waals surface area (Å²) >= 11 is 0. The van der Waals surface area contributed by atoms with Crippen LogP contribution in [0.5, 0.6) is 0 Å². The lowest BCUT2D eigenvalue weighted by Gasteiger charge is -2.09. The van der Waals surface area contributed by atoms with Crippen LogP contribution in [-0.2, 0) is 4.79 Å². The first-order valence-corrected chi connectivity index (χ1v) is 5.25. The smallest absolute Gasteiger partial charge is 0.251 e. The Morgan fingerprint density at radius 1 is 1.41 bits per heavy atom. The third-order valence-corrected chi connectivity index (χ3v) is 1.90. The number of H-pyrrole nitrogens is 1. The zero-order valence-electron chi connectivity index (χ0n) is 9.74. The van der Waals surface area contributed by atoms with Gasteiger partial charge in [0.2, 0.25) is 11.5 Å². The van der Waals surface area contributed by atoms with E-state index >= 15 is 0 Å². The van der Waals surface area contributed by atoms with Crippen molar-refractivity contribution in [2.75, 3.05) is 6.54 Å². The number of carbonyl (C=O) groups excluding carboxylic acids is 2. The highest BCUT2D eigenvalue weighted by Gasteiger charge is 2.08. The van der Waals surface area contributed by atoms with Gasteiger partial charge in [0.15, 0.2) is 0 Å². The molecule has 17 heavy (non-hydrogen) atoms. The van der Waals surface area contributed by atoms with Crippen molar-refractivity contribution < 1.29 is 9.59 Å². The van der Waals surface area contributed by atoms with Crippen molar-refractivity contribution in [1.82, 2.24) is 15.6 Å². The van der Waals surface area contributed by atoms with E-state index in [1.54, 1.807) is 0 Å². The maximum Gasteiger partial charge on any atom is 0.251 e. The van der Waals surface area contributed by atoms with E-state index in [0.717, 1.165) is 0 Å². The van der Waals surface area contributed by atoms with Gasteiger partial charge in [0.25, 0.3) is 5.91 Å². The van der Waals surface area contributed by atoms with Gasteiger partial charge in [-0.2, -0.15) is 0 Å². The second-order valence-corrected chi connectivity index (χ2v) is 3.85. The average Bonchev–Trinajstić information content (AvgIpc) is 2.25. The molecule has 3 N–H and O–H groups in total. The Labute approximate surface area is 98.4 Å². The Kier molecular flexibility index (Phi) is 4.45. The molecule has 1 heterocycles. The summed E-state index contributed by atoms with van der Waals surface area (Å²) in [5.41, 5.74) is -0.129. The van der Waals surface area contributed by atoms with E-state index in [2.05, 4.69) is 15.6 Å². The first-order valence-electron chi connectivity index (χ1n) is 5.25. The summed E-state index contributed by atoms with van der Waals surface area (Å²) in [4.78, 5) is 36.2.